The summed E-state index contributed by atoms with van der Waals surface area (Å²) in [4.78, 5) is 0. The van der Waals surface area contributed by atoms with Crippen LogP contribution in [0.25, 0.3) is 0 Å². The van der Waals surface area contributed by atoms with Crippen molar-refractivity contribution in [1.29, 1.82) is 0 Å². The first-order valence-electron chi connectivity index (χ1n) is 5.37. The number of aromatic hydroxyl groups is 2. The van der Waals surface area contributed by atoms with Gasteiger partial charge in [0.05, 0.1) is 5.69 Å². The molecule has 0 bridgehead atoms. The molecule has 0 saturated carbocycles. The fraction of sp³-hybridized carbons (Fsp3) is 0.0769. The highest BCUT2D eigenvalue weighted by atomic mass is 19.2. The molecule has 0 unspecified atom stereocenters. The van der Waals surface area contributed by atoms with Gasteiger partial charge in [-0.25, -0.2) is 13.2 Å². The van der Waals surface area contributed by atoms with Gasteiger partial charge in [-0.2, -0.15) is 0 Å². The van der Waals surface area contributed by atoms with E-state index in [0.717, 1.165) is 12.1 Å². The Morgan fingerprint density at radius 3 is 2.32 bits per heavy atom. The van der Waals surface area contributed by atoms with Gasteiger partial charge in [0.2, 0.25) is 0 Å². The minimum Gasteiger partial charge on any atom is -0.504 e. The number of anilines is 1. The summed E-state index contributed by atoms with van der Waals surface area (Å²) in [6, 6.07) is 5.94. The van der Waals surface area contributed by atoms with E-state index in [2.05, 4.69) is 5.32 Å². The predicted octanol–water partition coefficient (Wildman–Crippen LogP) is 3.13. The average Bonchev–Trinajstić information content (AvgIpc) is 2.39. The van der Waals surface area contributed by atoms with Gasteiger partial charge in [0.25, 0.3) is 0 Å². The second kappa shape index (κ2) is 5.09. The fourth-order valence-electron chi connectivity index (χ4n) is 1.54. The number of phenolic OH excluding ortho intramolecular Hbond substituents is 2. The molecule has 0 aliphatic heterocycles. The lowest BCUT2D eigenvalue weighted by molar-refractivity contribution is 0.403. The summed E-state index contributed by atoms with van der Waals surface area (Å²) in [6.07, 6.45) is 0. The number of halogens is 3. The van der Waals surface area contributed by atoms with E-state index in [1.165, 1.54) is 18.2 Å². The second-order valence-corrected chi connectivity index (χ2v) is 3.90. The molecule has 6 heteroatoms. The van der Waals surface area contributed by atoms with Crippen molar-refractivity contribution >= 4 is 5.69 Å². The van der Waals surface area contributed by atoms with Crippen LogP contribution in [-0.4, -0.2) is 10.2 Å². The lowest BCUT2D eigenvalue weighted by Gasteiger charge is -2.09. The van der Waals surface area contributed by atoms with E-state index in [-0.39, 0.29) is 23.7 Å². The van der Waals surface area contributed by atoms with Crippen molar-refractivity contribution in [2.24, 2.45) is 0 Å². The van der Waals surface area contributed by atoms with E-state index in [4.69, 9.17) is 5.11 Å². The molecule has 0 saturated heterocycles. The van der Waals surface area contributed by atoms with Gasteiger partial charge in [-0.15, -0.1) is 0 Å². The fourth-order valence-corrected chi connectivity index (χ4v) is 1.54. The molecule has 0 aliphatic rings. The second-order valence-electron chi connectivity index (χ2n) is 3.90. The Hall–Kier alpha value is -2.37. The van der Waals surface area contributed by atoms with Gasteiger partial charge in [0, 0.05) is 6.54 Å². The normalized spacial score (nSPS) is 10.5. The van der Waals surface area contributed by atoms with Crippen molar-refractivity contribution in [2.75, 3.05) is 5.32 Å². The summed E-state index contributed by atoms with van der Waals surface area (Å²) < 4.78 is 39.0. The van der Waals surface area contributed by atoms with Crippen LogP contribution < -0.4 is 5.32 Å². The minimum absolute atomic E-state index is 0.0792. The number of rotatable bonds is 3. The highest BCUT2D eigenvalue weighted by Crippen LogP contribution is 2.26. The van der Waals surface area contributed by atoms with E-state index in [0.29, 0.717) is 5.56 Å². The summed E-state index contributed by atoms with van der Waals surface area (Å²) in [6.45, 7) is 0.0792. The topological polar surface area (TPSA) is 52.5 Å². The summed E-state index contributed by atoms with van der Waals surface area (Å²) >= 11 is 0. The van der Waals surface area contributed by atoms with Crippen LogP contribution in [0, 0.1) is 17.5 Å². The van der Waals surface area contributed by atoms with Gasteiger partial charge in [-0.1, -0.05) is 6.07 Å². The summed E-state index contributed by atoms with van der Waals surface area (Å²) in [7, 11) is 0. The molecule has 0 aromatic heterocycles. The number of phenols is 2. The molecular weight excluding hydrogens is 259 g/mol. The third-order valence-electron chi connectivity index (χ3n) is 2.56. The molecule has 3 nitrogen and oxygen atoms in total. The van der Waals surface area contributed by atoms with Crippen molar-refractivity contribution < 1.29 is 23.4 Å². The highest BCUT2D eigenvalue weighted by Gasteiger charge is 2.13. The first-order valence-corrected chi connectivity index (χ1v) is 5.37. The van der Waals surface area contributed by atoms with Gasteiger partial charge < -0.3 is 15.5 Å². The summed E-state index contributed by atoms with van der Waals surface area (Å²) in [5.41, 5.74) is 0.353. The summed E-state index contributed by atoms with van der Waals surface area (Å²) in [5.74, 6) is -4.69. The minimum atomic E-state index is -1.54. The molecule has 19 heavy (non-hydrogen) atoms. The number of hydrogen-bond acceptors (Lipinski definition) is 3. The lowest BCUT2D eigenvalue weighted by Crippen LogP contribution is -2.03. The molecule has 100 valence electrons. The molecule has 2 aromatic rings. The molecule has 0 spiro atoms. The smallest absolute Gasteiger partial charge is 0.196 e. The Labute approximate surface area is 106 Å². The van der Waals surface area contributed by atoms with Gasteiger partial charge in [-0.05, 0) is 29.8 Å². The standard InChI is InChI=1S/C13H10F3NO2/c14-8-2-3-9(13(16)12(8)15)17-6-7-1-4-10(18)11(19)5-7/h1-5,17-19H,6H2. The highest BCUT2D eigenvalue weighted by molar-refractivity contribution is 5.47. The quantitative estimate of drug-likeness (QED) is 0.592. The predicted molar refractivity (Wildman–Crippen MR) is 63.4 cm³/mol. The van der Waals surface area contributed by atoms with Gasteiger partial charge in [-0.3, -0.25) is 0 Å². The first-order chi connectivity index (χ1) is 8.99. The Morgan fingerprint density at radius 1 is 0.895 bits per heavy atom. The lowest BCUT2D eigenvalue weighted by atomic mass is 10.2. The molecule has 0 amide bonds. The first kappa shape index (κ1) is 13.1. The number of benzene rings is 2. The van der Waals surface area contributed by atoms with Crippen molar-refractivity contribution in [3.05, 3.63) is 53.3 Å². The van der Waals surface area contributed by atoms with Crippen LogP contribution in [0.15, 0.2) is 30.3 Å². The van der Waals surface area contributed by atoms with Crippen molar-refractivity contribution in [2.45, 2.75) is 6.54 Å². The monoisotopic (exact) mass is 269 g/mol. The zero-order chi connectivity index (χ0) is 14.0. The maximum absolute atomic E-state index is 13.3. The Kier molecular flexibility index (Phi) is 3.50. The molecule has 0 atom stereocenters. The third-order valence-corrected chi connectivity index (χ3v) is 2.56. The van der Waals surface area contributed by atoms with E-state index in [1.807, 2.05) is 0 Å². The summed E-state index contributed by atoms with van der Waals surface area (Å²) in [5, 5.41) is 21.0. The SMILES string of the molecule is Oc1ccc(CNc2ccc(F)c(F)c2F)cc1O. The zero-order valence-electron chi connectivity index (χ0n) is 9.62. The van der Waals surface area contributed by atoms with Crippen LogP contribution in [0.3, 0.4) is 0 Å². The van der Waals surface area contributed by atoms with Crippen LogP contribution in [0.1, 0.15) is 5.56 Å². The van der Waals surface area contributed by atoms with Crippen molar-refractivity contribution in [3.63, 3.8) is 0 Å². The largest absolute Gasteiger partial charge is 0.504 e. The van der Waals surface area contributed by atoms with Crippen LogP contribution in [-0.2, 0) is 6.54 Å². The number of hydrogen-bond donors (Lipinski definition) is 3. The van der Waals surface area contributed by atoms with E-state index < -0.39 is 17.5 Å². The molecular formula is C13H10F3NO2. The van der Waals surface area contributed by atoms with E-state index >= 15 is 0 Å². The molecule has 3 N–H and O–H groups in total. The van der Waals surface area contributed by atoms with Gasteiger partial charge >= 0.3 is 0 Å². The average molecular weight is 269 g/mol. The zero-order valence-corrected chi connectivity index (χ0v) is 9.62. The molecule has 0 fully saturated rings. The Bertz CT molecular complexity index is 617. The van der Waals surface area contributed by atoms with E-state index in [1.54, 1.807) is 0 Å². The molecule has 0 radical (unpaired) electrons. The van der Waals surface area contributed by atoms with Crippen molar-refractivity contribution in [1.82, 2.24) is 0 Å². The van der Waals surface area contributed by atoms with Gasteiger partial charge in [0.1, 0.15) is 0 Å². The molecule has 0 aliphatic carbocycles. The van der Waals surface area contributed by atoms with Crippen LogP contribution in [0.2, 0.25) is 0 Å². The third kappa shape index (κ3) is 2.73. The maximum Gasteiger partial charge on any atom is 0.196 e. The molecule has 2 rings (SSSR count). The Morgan fingerprint density at radius 2 is 1.63 bits per heavy atom. The van der Waals surface area contributed by atoms with Crippen LogP contribution in [0.4, 0.5) is 18.9 Å². The van der Waals surface area contributed by atoms with Gasteiger partial charge in [0.15, 0.2) is 29.0 Å². The van der Waals surface area contributed by atoms with Crippen LogP contribution in [0.5, 0.6) is 11.5 Å². The Balaban J connectivity index is 2.14. The van der Waals surface area contributed by atoms with Crippen LogP contribution >= 0.6 is 0 Å². The van der Waals surface area contributed by atoms with E-state index in [9.17, 15) is 18.3 Å². The van der Waals surface area contributed by atoms with Crippen molar-refractivity contribution in [3.8, 4) is 11.5 Å². The molecule has 2 aromatic carbocycles. The number of nitrogens with one attached hydrogen (secondary N) is 1. The molecule has 0 heterocycles. The maximum atomic E-state index is 13.3.